The van der Waals surface area contributed by atoms with Crippen LogP contribution in [0.2, 0.25) is 0 Å². The van der Waals surface area contributed by atoms with E-state index in [2.05, 4.69) is 20.6 Å². The molecule has 0 atom stereocenters. The third kappa shape index (κ3) is 5.87. The van der Waals surface area contributed by atoms with Gasteiger partial charge in [-0.2, -0.15) is 33.7 Å². The van der Waals surface area contributed by atoms with Gasteiger partial charge in [0.05, 0.1) is 38.7 Å². The van der Waals surface area contributed by atoms with Gasteiger partial charge in [0.1, 0.15) is 25.7 Å². The summed E-state index contributed by atoms with van der Waals surface area (Å²) in [4.78, 5) is 3.75. The largest absolute Gasteiger partial charge is 0.425 e. The van der Waals surface area contributed by atoms with Crippen molar-refractivity contribution in [3.63, 3.8) is 0 Å². The Balaban J connectivity index is 0.000000952. The second-order valence-corrected chi connectivity index (χ2v) is 14.0. The monoisotopic (exact) mass is 684 g/mol. The Labute approximate surface area is 236 Å². The predicted octanol–water partition coefficient (Wildman–Crippen LogP) is 0.566. The number of benzene rings is 3. The van der Waals surface area contributed by atoms with Gasteiger partial charge in [-0.3, -0.25) is 18.2 Å². The van der Waals surface area contributed by atoms with Gasteiger partial charge in [-0.25, -0.2) is 9.97 Å². The van der Waals surface area contributed by atoms with Crippen LogP contribution in [0, 0.1) is 0 Å². The maximum Gasteiger partial charge on any atom is 0.425 e. The van der Waals surface area contributed by atoms with Crippen LogP contribution in [0.25, 0.3) is 22.1 Å². The van der Waals surface area contributed by atoms with Crippen molar-refractivity contribution in [2.75, 3.05) is 10.6 Å². The molecule has 0 radical (unpaired) electrons. The Morgan fingerprint density at radius 3 is 1.40 bits per heavy atom. The zero-order chi connectivity index (χ0) is 31.6. The van der Waals surface area contributed by atoms with E-state index in [1.54, 1.807) is 0 Å². The minimum absolute atomic E-state index is 0.0479. The van der Waals surface area contributed by atoms with Crippen molar-refractivity contribution in [3.8, 4) is 0 Å². The van der Waals surface area contributed by atoms with E-state index >= 15 is 0 Å². The Morgan fingerprint density at radius 1 is 0.595 bits per heavy atom. The van der Waals surface area contributed by atoms with Crippen molar-refractivity contribution in [2.24, 2.45) is 0 Å². The van der Waals surface area contributed by atoms with Gasteiger partial charge in [-0.05, 0) is 24.3 Å². The van der Waals surface area contributed by atoms with Gasteiger partial charge in [-0.15, -0.1) is 12.6 Å². The lowest BCUT2D eigenvalue weighted by molar-refractivity contribution is 0.479. The molecular formula is C18H12N4O15S5. The minimum Gasteiger partial charge on any atom is -0.351 e. The summed E-state index contributed by atoms with van der Waals surface area (Å²) in [5, 5.41) is 4.56. The zero-order valence-corrected chi connectivity index (χ0v) is 23.8. The molecule has 3 aromatic carbocycles. The van der Waals surface area contributed by atoms with Crippen LogP contribution in [0.3, 0.4) is 0 Å². The van der Waals surface area contributed by atoms with Gasteiger partial charge >= 0.3 is 10.6 Å². The molecule has 1 aromatic heterocycles. The molecule has 224 valence electrons. The molecule has 1 aliphatic heterocycles. The number of nitrogens with one attached hydrogen (secondary N) is 2. The summed E-state index contributed by atoms with van der Waals surface area (Å²) in [6.45, 7) is 0. The fourth-order valence-corrected chi connectivity index (χ4v) is 6.85. The van der Waals surface area contributed by atoms with Crippen LogP contribution in [-0.4, -0.2) is 74.5 Å². The van der Waals surface area contributed by atoms with Crippen LogP contribution < -0.4 is 10.6 Å². The Kier molecular flexibility index (Phi) is 7.50. The smallest absolute Gasteiger partial charge is 0.351 e. The van der Waals surface area contributed by atoms with E-state index in [0.29, 0.717) is 12.1 Å². The summed E-state index contributed by atoms with van der Waals surface area (Å²) in [5.41, 5.74) is -4.31. The van der Waals surface area contributed by atoms with E-state index < -0.39 is 104 Å². The number of para-hydroxylation sites is 2. The number of anilines is 4. The third-order valence-corrected chi connectivity index (χ3v) is 8.92. The Morgan fingerprint density at radius 2 is 1.02 bits per heavy atom. The number of fused-ring (bicyclic) bond motifs is 4. The summed E-state index contributed by atoms with van der Waals surface area (Å²) in [6, 6.07) is 6.75. The molecular weight excluding hydrogens is 673 g/mol. The zero-order valence-electron chi connectivity index (χ0n) is 19.7. The summed E-state index contributed by atoms with van der Waals surface area (Å²) in [6.07, 6.45) is 0. The quantitative estimate of drug-likeness (QED) is 0.111. The van der Waals surface area contributed by atoms with Gasteiger partial charge in [0.15, 0.2) is 0 Å². The van der Waals surface area contributed by atoms with Gasteiger partial charge in [-0.1, -0.05) is 12.1 Å². The topological polar surface area (TPSA) is 319 Å². The van der Waals surface area contributed by atoms with E-state index in [4.69, 9.17) is 12.6 Å². The molecule has 0 bridgehead atoms. The molecule has 0 spiro atoms. The van der Waals surface area contributed by atoms with Crippen molar-refractivity contribution in [1.29, 1.82) is 0 Å². The first kappa shape index (κ1) is 31.1. The van der Waals surface area contributed by atoms with Crippen LogP contribution in [0.1, 0.15) is 0 Å². The summed E-state index contributed by atoms with van der Waals surface area (Å²) >= 11 is 0. The highest BCUT2D eigenvalue weighted by molar-refractivity contribution is 7.87. The summed E-state index contributed by atoms with van der Waals surface area (Å²) in [5.74, 6) is 0. The maximum absolute atomic E-state index is 12.5. The maximum atomic E-state index is 12.5. The minimum atomic E-state index is -5.31. The lowest BCUT2D eigenvalue weighted by Gasteiger charge is -2.28. The lowest BCUT2D eigenvalue weighted by atomic mass is 10.1. The van der Waals surface area contributed by atoms with Gasteiger partial charge in [0.25, 0.3) is 40.5 Å². The molecule has 24 heteroatoms. The van der Waals surface area contributed by atoms with Crippen LogP contribution in [-0.2, 0) is 51.1 Å². The van der Waals surface area contributed by atoms with Crippen LogP contribution >= 0.6 is 0 Å². The van der Waals surface area contributed by atoms with Gasteiger partial charge < -0.3 is 10.6 Å². The molecule has 4 aromatic rings. The number of aromatic nitrogens is 2. The number of rotatable bonds is 4. The van der Waals surface area contributed by atoms with Gasteiger partial charge in [0, 0.05) is 0 Å². The molecule has 0 unspecified atom stereocenters. The fraction of sp³-hybridized carbons (Fsp3) is 0. The normalized spacial score (nSPS) is 13.2. The molecule has 6 N–H and O–H groups in total. The molecule has 0 amide bonds. The SMILES string of the molecule is O=S(=O)(O)c1cc2c(c(S(=O)(=O)O)c1)Nc1c(c(S(=O)(=O)O)c3nc4ccccc4nc3c1S(=O)(=O)O)N2.O=S(=O)=O. The van der Waals surface area contributed by atoms with E-state index in [0.717, 1.165) is 0 Å². The first-order valence-corrected chi connectivity index (χ1v) is 17.0. The second-order valence-electron chi connectivity index (χ2n) is 8.02. The van der Waals surface area contributed by atoms with Crippen molar-refractivity contribution in [1.82, 2.24) is 9.97 Å². The molecule has 2 heterocycles. The fourth-order valence-electron chi connectivity index (χ4n) is 3.95. The third-order valence-electron chi connectivity index (χ3n) is 5.38. The van der Waals surface area contributed by atoms with E-state index in [1.165, 1.54) is 24.3 Å². The van der Waals surface area contributed by atoms with Crippen molar-refractivity contribution in [3.05, 3.63) is 36.4 Å². The average Bonchev–Trinajstić information content (AvgIpc) is 2.81. The molecule has 0 saturated heterocycles. The summed E-state index contributed by atoms with van der Waals surface area (Å²) < 4.78 is 162. The first-order chi connectivity index (χ1) is 19.1. The highest BCUT2D eigenvalue weighted by Crippen LogP contribution is 2.50. The lowest BCUT2D eigenvalue weighted by Crippen LogP contribution is -2.19. The molecule has 0 saturated carbocycles. The standard InChI is InChI=1S/C18H12N4O12S4.O3S/c23-35(24,25)7-5-10-12(11(6-7)36(26,27)28)22-16-15(21-10)17(37(29,30)31)13-14(18(16)38(32,33)34)20-9-4-2-1-3-8(9)19-13;1-4(2)3/h1-6,21-22H,(H,23,24,25)(H,26,27,28)(H,29,30,31)(H,32,33,34);. The number of hydrogen-bond acceptors (Lipinski definition) is 15. The average molecular weight is 685 g/mol. The molecule has 0 fully saturated rings. The highest BCUT2D eigenvalue weighted by atomic mass is 32.2. The predicted molar refractivity (Wildman–Crippen MR) is 139 cm³/mol. The molecule has 1 aliphatic rings. The first-order valence-electron chi connectivity index (χ1n) is 10.3. The van der Waals surface area contributed by atoms with Crippen LogP contribution in [0.4, 0.5) is 22.7 Å². The molecule has 0 aliphatic carbocycles. The van der Waals surface area contributed by atoms with Crippen molar-refractivity contribution < 1.29 is 64.5 Å². The second kappa shape index (κ2) is 10.1. The summed E-state index contributed by atoms with van der Waals surface area (Å²) in [7, 11) is -24.1. The molecule has 19 nitrogen and oxygen atoms in total. The van der Waals surface area contributed by atoms with E-state index in [-0.39, 0.29) is 11.0 Å². The van der Waals surface area contributed by atoms with Crippen molar-refractivity contribution in [2.45, 2.75) is 19.6 Å². The Bertz CT molecular complexity index is 2400. The van der Waals surface area contributed by atoms with E-state index in [1.807, 2.05) is 0 Å². The molecule has 5 rings (SSSR count). The van der Waals surface area contributed by atoms with E-state index in [9.17, 15) is 51.9 Å². The molecule has 42 heavy (non-hydrogen) atoms. The van der Waals surface area contributed by atoms with Crippen LogP contribution in [0.5, 0.6) is 0 Å². The Hall–Kier alpha value is -3.88. The van der Waals surface area contributed by atoms with Gasteiger partial charge in [0.2, 0.25) is 0 Å². The highest BCUT2D eigenvalue weighted by Gasteiger charge is 2.38. The number of hydrogen-bond donors (Lipinski definition) is 6. The number of nitrogens with zero attached hydrogens (tertiary/aromatic N) is 2. The van der Waals surface area contributed by atoms with Crippen molar-refractivity contribution >= 4 is 95.9 Å². The van der Waals surface area contributed by atoms with Crippen LogP contribution in [0.15, 0.2) is 56.0 Å².